The third kappa shape index (κ3) is 3.62. The Hall–Kier alpha value is -2.80. The van der Waals surface area contributed by atoms with E-state index < -0.39 is 11.9 Å². The van der Waals surface area contributed by atoms with Crippen molar-refractivity contribution in [3.8, 4) is 11.5 Å². The summed E-state index contributed by atoms with van der Waals surface area (Å²) in [5.74, 6) is 0.153. The molecule has 1 unspecified atom stereocenters. The van der Waals surface area contributed by atoms with Crippen molar-refractivity contribution >= 4 is 11.8 Å². The van der Waals surface area contributed by atoms with E-state index >= 15 is 0 Å². The predicted octanol–water partition coefficient (Wildman–Crippen LogP) is 2.41. The van der Waals surface area contributed by atoms with Gasteiger partial charge in [-0.25, -0.2) is 4.79 Å². The lowest BCUT2D eigenvalue weighted by atomic mass is 9.75. The number of dihydropyridines is 1. The van der Waals surface area contributed by atoms with Crippen LogP contribution in [-0.4, -0.2) is 38.1 Å². The van der Waals surface area contributed by atoms with Gasteiger partial charge in [-0.3, -0.25) is 4.79 Å². The average Bonchev–Trinajstić information content (AvgIpc) is 2.66. The highest BCUT2D eigenvalue weighted by atomic mass is 16.5. The normalized spacial score (nSPS) is 18.7. The number of carbonyl (C=O) groups is 2. The second kappa shape index (κ2) is 8.93. The maximum atomic E-state index is 12.9. The second-order valence-electron chi connectivity index (χ2n) is 6.57. The molecule has 7 nitrogen and oxygen atoms in total. The minimum absolute atomic E-state index is 0. The summed E-state index contributed by atoms with van der Waals surface area (Å²) in [6.07, 6.45) is 2.05. The van der Waals surface area contributed by atoms with Crippen LogP contribution in [0.4, 0.5) is 0 Å². The molecule has 0 fully saturated rings. The fraction of sp³-hybridized carbons (Fsp3) is 0.429. The van der Waals surface area contributed by atoms with Gasteiger partial charge in [0.05, 0.1) is 32.3 Å². The van der Waals surface area contributed by atoms with E-state index in [4.69, 9.17) is 14.2 Å². The molecule has 0 radical (unpaired) electrons. The van der Waals surface area contributed by atoms with Gasteiger partial charge < -0.3 is 25.0 Å². The van der Waals surface area contributed by atoms with Gasteiger partial charge in [0.2, 0.25) is 0 Å². The van der Waals surface area contributed by atoms with Gasteiger partial charge in [-0.1, -0.05) is 12.1 Å². The van der Waals surface area contributed by atoms with Crippen molar-refractivity contribution in [2.45, 2.75) is 39.0 Å². The summed E-state index contributed by atoms with van der Waals surface area (Å²) in [5, 5.41) is 3.27. The molecule has 0 saturated heterocycles. The number of methoxy groups -OCH3 is 2. The van der Waals surface area contributed by atoms with Crippen LogP contribution in [0.1, 0.15) is 44.6 Å². The number of ether oxygens (including phenoxy) is 3. The molecule has 1 aromatic rings. The van der Waals surface area contributed by atoms with Gasteiger partial charge in [-0.15, -0.1) is 0 Å². The van der Waals surface area contributed by atoms with Gasteiger partial charge in [0, 0.05) is 29.0 Å². The predicted molar refractivity (Wildman–Crippen MR) is 104 cm³/mol. The lowest BCUT2D eigenvalue weighted by Gasteiger charge is -2.34. The summed E-state index contributed by atoms with van der Waals surface area (Å²) in [6, 6.07) is 5.50. The molecule has 0 saturated carbocycles. The first-order valence-electron chi connectivity index (χ1n) is 9.15. The number of carbonyl (C=O) groups excluding carboxylic acids is 2. The minimum atomic E-state index is -0.543. The smallest absolute Gasteiger partial charge is 0.336 e. The molecule has 1 aromatic carbocycles. The van der Waals surface area contributed by atoms with Crippen LogP contribution in [0.25, 0.3) is 0 Å². The topological polar surface area (TPSA) is 105 Å². The lowest BCUT2D eigenvalue weighted by Crippen LogP contribution is -2.34. The van der Waals surface area contributed by atoms with Crippen LogP contribution >= 0.6 is 0 Å². The largest absolute Gasteiger partial charge is 0.493 e. The maximum Gasteiger partial charge on any atom is 0.336 e. The number of nitrogens with one attached hydrogen (secondary N) is 1. The summed E-state index contributed by atoms with van der Waals surface area (Å²) in [4.78, 5) is 25.7. The first-order chi connectivity index (χ1) is 13.0. The van der Waals surface area contributed by atoms with E-state index in [1.165, 1.54) is 0 Å². The van der Waals surface area contributed by atoms with Crippen LogP contribution in [0, 0.1) is 0 Å². The highest BCUT2D eigenvalue weighted by molar-refractivity contribution is 6.04. The highest BCUT2D eigenvalue weighted by Crippen LogP contribution is 2.47. The van der Waals surface area contributed by atoms with Gasteiger partial charge in [-0.2, -0.15) is 0 Å². The number of ketones is 1. The molecule has 0 amide bonds. The van der Waals surface area contributed by atoms with Crippen molar-refractivity contribution in [1.29, 1.82) is 0 Å². The number of rotatable bonds is 5. The number of benzene rings is 1. The number of para-hydroxylation sites is 1. The Bertz CT molecular complexity index is 839. The molecular weight excluding hydrogens is 362 g/mol. The fourth-order valence-electron chi connectivity index (χ4n) is 3.91. The van der Waals surface area contributed by atoms with E-state index in [1.807, 2.05) is 19.1 Å². The molecular formula is C21H27NO6. The fourth-order valence-corrected chi connectivity index (χ4v) is 3.91. The van der Waals surface area contributed by atoms with Gasteiger partial charge in [0.15, 0.2) is 17.3 Å². The molecule has 28 heavy (non-hydrogen) atoms. The lowest BCUT2D eigenvalue weighted by molar-refractivity contribution is -0.138. The number of hydrogen-bond donors (Lipinski definition) is 1. The Labute approximate surface area is 164 Å². The van der Waals surface area contributed by atoms with Crippen LogP contribution in [-0.2, 0) is 14.3 Å². The molecule has 1 aliphatic carbocycles. The molecule has 0 aromatic heterocycles. The van der Waals surface area contributed by atoms with Crippen LogP contribution in [0.15, 0.2) is 40.7 Å². The summed E-state index contributed by atoms with van der Waals surface area (Å²) >= 11 is 0. The van der Waals surface area contributed by atoms with E-state index in [0.717, 1.165) is 24.1 Å². The Kier molecular flexibility index (Phi) is 6.85. The van der Waals surface area contributed by atoms with Crippen molar-refractivity contribution in [2.24, 2.45) is 0 Å². The Morgan fingerprint density at radius 2 is 1.96 bits per heavy atom. The van der Waals surface area contributed by atoms with E-state index in [1.54, 1.807) is 27.2 Å². The second-order valence-corrected chi connectivity index (χ2v) is 6.57. The molecule has 2 aliphatic rings. The highest BCUT2D eigenvalue weighted by Gasteiger charge is 2.40. The SMILES string of the molecule is CCOC(=O)C1=C(C)NC2=C(C(=O)CCC2)C1c1cccc(OC)c1OC.O. The number of hydrogen-bond acceptors (Lipinski definition) is 6. The van der Waals surface area contributed by atoms with Gasteiger partial charge in [-0.05, 0) is 32.8 Å². The van der Waals surface area contributed by atoms with E-state index in [-0.39, 0.29) is 17.9 Å². The van der Waals surface area contributed by atoms with Gasteiger partial charge in [0.25, 0.3) is 0 Å². The standard InChI is InChI=1S/C21H25NO5.H2O/c1-5-27-21(24)17-12(2)22-14-9-7-10-15(23)19(14)18(17)13-8-6-11-16(25-3)20(13)26-4;/h6,8,11,18,22H,5,7,9-10H2,1-4H3;1H2. The quantitative estimate of drug-likeness (QED) is 0.775. The number of esters is 1. The molecule has 0 bridgehead atoms. The molecule has 3 N–H and O–H groups in total. The van der Waals surface area contributed by atoms with Crippen molar-refractivity contribution in [1.82, 2.24) is 5.32 Å². The third-order valence-electron chi connectivity index (χ3n) is 5.02. The summed E-state index contributed by atoms with van der Waals surface area (Å²) in [5.41, 5.74) is 3.38. The van der Waals surface area contributed by atoms with Crippen molar-refractivity contribution in [2.75, 3.05) is 20.8 Å². The van der Waals surface area contributed by atoms with Crippen LogP contribution < -0.4 is 14.8 Å². The zero-order valence-corrected chi connectivity index (χ0v) is 16.7. The molecule has 7 heteroatoms. The molecule has 0 spiro atoms. The number of allylic oxidation sites excluding steroid dienone is 3. The number of Topliss-reactive ketones (excluding diaryl/α,β-unsaturated/α-hetero) is 1. The van der Waals surface area contributed by atoms with E-state index in [0.29, 0.717) is 34.8 Å². The molecule has 1 aliphatic heterocycles. The average molecular weight is 389 g/mol. The van der Waals surface area contributed by atoms with E-state index in [9.17, 15) is 9.59 Å². The zero-order valence-electron chi connectivity index (χ0n) is 16.7. The first kappa shape index (κ1) is 21.5. The monoisotopic (exact) mass is 389 g/mol. The molecule has 1 heterocycles. The summed E-state index contributed by atoms with van der Waals surface area (Å²) in [6.45, 7) is 3.87. The Balaban J connectivity index is 0.00000280. The Morgan fingerprint density at radius 1 is 1.21 bits per heavy atom. The maximum absolute atomic E-state index is 12.9. The molecule has 152 valence electrons. The third-order valence-corrected chi connectivity index (χ3v) is 5.02. The molecule has 1 atom stereocenters. The van der Waals surface area contributed by atoms with Crippen LogP contribution in [0.5, 0.6) is 11.5 Å². The van der Waals surface area contributed by atoms with Crippen molar-refractivity contribution in [3.05, 3.63) is 46.3 Å². The summed E-state index contributed by atoms with van der Waals surface area (Å²) in [7, 11) is 3.12. The van der Waals surface area contributed by atoms with Gasteiger partial charge >= 0.3 is 5.97 Å². The molecule has 3 rings (SSSR count). The van der Waals surface area contributed by atoms with E-state index in [2.05, 4.69) is 5.32 Å². The van der Waals surface area contributed by atoms with Crippen molar-refractivity contribution in [3.63, 3.8) is 0 Å². The van der Waals surface area contributed by atoms with Crippen molar-refractivity contribution < 1.29 is 29.3 Å². The van der Waals surface area contributed by atoms with Crippen LogP contribution in [0.3, 0.4) is 0 Å². The Morgan fingerprint density at radius 3 is 2.61 bits per heavy atom. The first-order valence-corrected chi connectivity index (χ1v) is 9.15. The van der Waals surface area contributed by atoms with Crippen LogP contribution in [0.2, 0.25) is 0 Å². The van der Waals surface area contributed by atoms with Gasteiger partial charge in [0.1, 0.15) is 0 Å². The zero-order chi connectivity index (χ0) is 19.6. The summed E-state index contributed by atoms with van der Waals surface area (Å²) < 4.78 is 16.3. The minimum Gasteiger partial charge on any atom is -0.493 e.